The zero-order valence-electron chi connectivity index (χ0n) is 11.0. The molecular weight excluding hydrogens is 455 g/mol. The third-order valence-electron chi connectivity index (χ3n) is 2.70. The topological polar surface area (TPSA) is 76.8 Å². The molecule has 0 saturated carbocycles. The fourth-order valence-electron chi connectivity index (χ4n) is 1.69. The van der Waals surface area contributed by atoms with Gasteiger partial charge in [0.1, 0.15) is 0 Å². The Balaban J connectivity index is 2.41. The minimum atomic E-state index is 0.142. The number of hydrogen-bond donors (Lipinski definition) is 2. The average molecular weight is 465 g/mol. The number of nitrogens with two attached hydrogens (primary N) is 2. The average Bonchev–Trinajstić information content (AvgIpc) is 2.44. The highest BCUT2D eigenvalue weighted by Gasteiger charge is 2.11. The van der Waals surface area contributed by atoms with E-state index in [-0.39, 0.29) is 11.7 Å². The third-order valence-corrected chi connectivity index (χ3v) is 4.65. The molecule has 0 amide bonds. The maximum absolute atomic E-state index is 6.11. The van der Waals surface area contributed by atoms with Crippen molar-refractivity contribution in [1.82, 2.24) is 0 Å². The molecule has 0 aromatic heterocycles. The van der Waals surface area contributed by atoms with E-state index in [2.05, 4.69) is 42.1 Å². The monoisotopic (exact) mass is 462 g/mol. The van der Waals surface area contributed by atoms with Crippen LogP contribution in [0.3, 0.4) is 0 Å². The second kappa shape index (κ2) is 7.46. The van der Waals surface area contributed by atoms with Gasteiger partial charge in [-0.15, -0.1) is 10.2 Å². The van der Waals surface area contributed by atoms with Crippen molar-refractivity contribution >= 4 is 66.7 Å². The number of amidine groups is 2. The zero-order chi connectivity index (χ0) is 16.3. The Kier molecular flexibility index (Phi) is 5.86. The molecule has 0 unspecified atom stereocenters. The smallest absolute Gasteiger partial charge is 0.156 e. The summed E-state index contributed by atoms with van der Waals surface area (Å²) in [6.07, 6.45) is 0. The Bertz CT molecular complexity index is 669. The van der Waals surface area contributed by atoms with Crippen molar-refractivity contribution in [2.24, 2.45) is 21.7 Å². The number of halogens is 4. The molecule has 22 heavy (non-hydrogen) atoms. The highest BCUT2D eigenvalue weighted by atomic mass is 79.9. The van der Waals surface area contributed by atoms with Gasteiger partial charge in [0.05, 0.1) is 21.2 Å². The van der Waals surface area contributed by atoms with Gasteiger partial charge in [0.15, 0.2) is 11.7 Å². The van der Waals surface area contributed by atoms with E-state index in [1.165, 1.54) is 0 Å². The van der Waals surface area contributed by atoms with Gasteiger partial charge in [-0.1, -0.05) is 35.3 Å². The van der Waals surface area contributed by atoms with Gasteiger partial charge in [0, 0.05) is 8.95 Å². The highest BCUT2D eigenvalue weighted by Crippen LogP contribution is 2.25. The van der Waals surface area contributed by atoms with Crippen LogP contribution in [0.15, 0.2) is 55.5 Å². The van der Waals surface area contributed by atoms with Crippen LogP contribution in [0, 0.1) is 0 Å². The second-order valence-corrected chi connectivity index (χ2v) is 6.69. The number of hydrogen-bond acceptors (Lipinski definition) is 2. The zero-order valence-corrected chi connectivity index (χ0v) is 15.7. The molecule has 0 heterocycles. The van der Waals surface area contributed by atoms with E-state index in [4.69, 9.17) is 34.7 Å². The number of rotatable bonds is 3. The van der Waals surface area contributed by atoms with Gasteiger partial charge in [-0.05, 0) is 56.1 Å². The van der Waals surface area contributed by atoms with E-state index >= 15 is 0 Å². The maximum atomic E-state index is 6.11. The van der Waals surface area contributed by atoms with Gasteiger partial charge in [-0.3, -0.25) is 0 Å². The van der Waals surface area contributed by atoms with Crippen LogP contribution < -0.4 is 11.5 Å². The van der Waals surface area contributed by atoms with Gasteiger partial charge < -0.3 is 11.5 Å². The largest absolute Gasteiger partial charge is 0.382 e. The molecular formula is C14H10Br2Cl2N4. The molecule has 2 aromatic rings. The summed E-state index contributed by atoms with van der Waals surface area (Å²) in [5.41, 5.74) is 13.0. The summed E-state index contributed by atoms with van der Waals surface area (Å²) < 4.78 is 1.43. The van der Waals surface area contributed by atoms with Crippen LogP contribution in [0.2, 0.25) is 10.0 Å². The van der Waals surface area contributed by atoms with Crippen molar-refractivity contribution in [3.05, 3.63) is 66.5 Å². The van der Waals surface area contributed by atoms with Gasteiger partial charge in [-0.2, -0.15) is 0 Å². The van der Waals surface area contributed by atoms with E-state index in [1.807, 2.05) is 0 Å². The van der Waals surface area contributed by atoms with Gasteiger partial charge >= 0.3 is 0 Å². The lowest BCUT2D eigenvalue weighted by molar-refractivity contribution is 1.20. The molecule has 8 heteroatoms. The molecule has 4 N–H and O–H groups in total. The highest BCUT2D eigenvalue weighted by molar-refractivity contribution is 9.10. The molecule has 0 spiro atoms. The Morgan fingerprint density at radius 3 is 1.45 bits per heavy atom. The van der Waals surface area contributed by atoms with Crippen molar-refractivity contribution in [2.75, 3.05) is 0 Å². The van der Waals surface area contributed by atoms with Crippen LogP contribution in [0.1, 0.15) is 11.1 Å². The van der Waals surface area contributed by atoms with Crippen molar-refractivity contribution < 1.29 is 0 Å². The van der Waals surface area contributed by atoms with Crippen molar-refractivity contribution in [1.29, 1.82) is 0 Å². The summed E-state index contributed by atoms with van der Waals surface area (Å²) in [5.74, 6) is 0.284. The summed E-state index contributed by atoms with van der Waals surface area (Å²) in [6.45, 7) is 0. The second-order valence-electron chi connectivity index (χ2n) is 4.16. The van der Waals surface area contributed by atoms with E-state index < -0.39 is 0 Å². The Morgan fingerprint density at radius 1 is 0.773 bits per heavy atom. The molecule has 0 saturated heterocycles. The minimum absolute atomic E-state index is 0.142. The SMILES string of the molecule is N/C(=N\N=C(/N)c1c(Cl)cccc1Br)c1c(Cl)cccc1Br. The molecule has 4 nitrogen and oxygen atoms in total. The lowest BCUT2D eigenvalue weighted by Crippen LogP contribution is -2.17. The molecule has 0 radical (unpaired) electrons. The van der Waals surface area contributed by atoms with Crippen LogP contribution in [-0.4, -0.2) is 11.7 Å². The molecule has 114 valence electrons. The van der Waals surface area contributed by atoms with Crippen LogP contribution >= 0.6 is 55.1 Å². The van der Waals surface area contributed by atoms with E-state index in [9.17, 15) is 0 Å². The molecule has 0 aliphatic carbocycles. The summed E-state index contributed by atoms with van der Waals surface area (Å²) in [7, 11) is 0. The standard InChI is InChI=1S/C14H10Br2Cl2N4/c15-7-3-1-5-9(17)11(7)13(19)21-22-14(20)12-8(16)4-2-6-10(12)18/h1-6H,(H2,19,21)(H2,20,22). The van der Waals surface area contributed by atoms with Crippen molar-refractivity contribution in [3.8, 4) is 0 Å². The van der Waals surface area contributed by atoms with Crippen LogP contribution in [-0.2, 0) is 0 Å². The molecule has 0 atom stereocenters. The lowest BCUT2D eigenvalue weighted by Gasteiger charge is -2.06. The molecule has 0 aliphatic heterocycles. The van der Waals surface area contributed by atoms with E-state index in [1.54, 1.807) is 36.4 Å². The molecule has 0 aliphatic rings. The van der Waals surface area contributed by atoms with Crippen molar-refractivity contribution in [3.63, 3.8) is 0 Å². The first-order chi connectivity index (χ1) is 10.4. The van der Waals surface area contributed by atoms with Gasteiger partial charge in [0.2, 0.25) is 0 Å². The predicted molar refractivity (Wildman–Crippen MR) is 99.8 cm³/mol. The summed E-state index contributed by atoms with van der Waals surface area (Å²) in [6, 6.07) is 10.6. The van der Waals surface area contributed by atoms with E-state index in [0.29, 0.717) is 30.1 Å². The molecule has 2 rings (SSSR count). The molecule has 0 fully saturated rings. The lowest BCUT2D eigenvalue weighted by atomic mass is 10.2. The minimum Gasteiger partial charge on any atom is -0.382 e. The molecule has 2 aromatic carbocycles. The van der Waals surface area contributed by atoms with Crippen LogP contribution in [0.5, 0.6) is 0 Å². The Morgan fingerprint density at radius 2 is 1.14 bits per heavy atom. The van der Waals surface area contributed by atoms with Crippen molar-refractivity contribution in [2.45, 2.75) is 0 Å². The summed E-state index contributed by atoms with van der Waals surface area (Å²) >= 11 is 19.0. The first-order valence-electron chi connectivity index (χ1n) is 5.97. The van der Waals surface area contributed by atoms with Crippen LogP contribution in [0.25, 0.3) is 0 Å². The molecule has 0 bridgehead atoms. The summed E-state index contributed by atoms with van der Waals surface area (Å²) in [5, 5.41) is 8.80. The Hall–Kier alpha value is -1.08. The first kappa shape index (κ1) is 17.3. The van der Waals surface area contributed by atoms with Crippen LogP contribution in [0.4, 0.5) is 0 Å². The van der Waals surface area contributed by atoms with Gasteiger partial charge in [-0.25, -0.2) is 0 Å². The third kappa shape index (κ3) is 3.81. The number of benzene rings is 2. The van der Waals surface area contributed by atoms with Gasteiger partial charge in [0.25, 0.3) is 0 Å². The summed E-state index contributed by atoms with van der Waals surface area (Å²) in [4.78, 5) is 0. The predicted octanol–water partition coefficient (Wildman–Crippen LogP) is 4.54. The van der Waals surface area contributed by atoms with E-state index in [0.717, 1.165) is 0 Å². The normalized spacial score (nSPS) is 12.5. The maximum Gasteiger partial charge on any atom is 0.156 e. The Labute approximate surface area is 154 Å². The quantitative estimate of drug-likeness (QED) is 0.397. The first-order valence-corrected chi connectivity index (χ1v) is 8.31. The fraction of sp³-hybridized carbons (Fsp3) is 0. The fourth-order valence-corrected chi connectivity index (χ4v) is 3.60. The number of nitrogens with zero attached hydrogens (tertiary/aromatic N) is 2.